The maximum Gasteiger partial charge on any atom is 0.0654 e. The number of hydrogen-bond acceptors (Lipinski definition) is 4. The molecule has 3 unspecified atom stereocenters. The Balaban J connectivity index is 1.70. The molecule has 4 nitrogen and oxygen atoms in total. The Labute approximate surface area is 208 Å². The fourth-order valence-electron chi connectivity index (χ4n) is 10.5. The third-order valence-electron chi connectivity index (χ3n) is 12.3. The second kappa shape index (κ2) is 8.30. The van der Waals surface area contributed by atoms with Gasteiger partial charge in [0.1, 0.15) is 0 Å². The average Bonchev–Trinajstić information content (AvgIpc) is 3.07. The van der Waals surface area contributed by atoms with E-state index in [1.54, 1.807) is 0 Å². The maximum atomic E-state index is 11.8. The molecule has 0 heterocycles. The number of hydrogen-bond donors (Lipinski definition) is 4. The van der Waals surface area contributed by atoms with E-state index >= 15 is 0 Å². The lowest BCUT2D eigenvalue weighted by Gasteiger charge is -2.71. The molecular formula is C30H52O4. The molecule has 0 spiro atoms. The molecule has 0 bridgehead atoms. The van der Waals surface area contributed by atoms with Crippen LogP contribution in [0.15, 0.2) is 11.6 Å². The summed E-state index contributed by atoms with van der Waals surface area (Å²) in [5, 5.41) is 46.0. The molecular weight excluding hydrogens is 424 g/mol. The van der Waals surface area contributed by atoms with Gasteiger partial charge in [0.25, 0.3) is 0 Å². The third-order valence-corrected chi connectivity index (χ3v) is 12.3. The van der Waals surface area contributed by atoms with Crippen LogP contribution >= 0.6 is 0 Å². The zero-order valence-electron chi connectivity index (χ0n) is 23.1. The molecule has 0 aromatic heterocycles. The van der Waals surface area contributed by atoms with E-state index in [-0.39, 0.29) is 39.4 Å². The highest BCUT2D eigenvalue weighted by atomic mass is 16.3. The van der Waals surface area contributed by atoms with Crippen LogP contribution in [-0.4, -0.2) is 44.3 Å². The lowest BCUT2D eigenvalue weighted by atomic mass is 9.34. The number of rotatable bonds is 4. The summed E-state index contributed by atoms with van der Waals surface area (Å²) in [5.74, 6) is 0.442. The van der Waals surface area contributed by atoms with Gasteiger partial charge in [-0.05, 0) is 117 Å². The van der Waals surface area contributed by atoms with Gasteiger partial charge in [0.05, 0.1) is 23.9 Å². The summed E-state index contributed by atoms with van der Waals surface area (Å²) >= 11 is 0. The van der Waals surface area contributed by atoms with Crippen molar-refractivity contribution in [1.82, 2.24) is 0 Å². The zero-order chi connectivity index (χ0) is 25.5. The van der Waals surface area contributed by atoms with Crippen LogP contribution in [0.5, 0.6) is 0 Å². The van der Waals surface area contributed by atoms with E-state index < -0.39 is 23.9 Å². The van der Waals surface area contributed by atoms with E-state index in [9.17, 15) is 20.4 Å². The minimum Gasteiger partial charge on any atom is -0.393 e. The predicted octanol–water partition coefficient (Wildman–Crippen LogP) is 5.47. The van der Waals surface area contributed by atoms with Gasteiger partial charge in [0.2, 0.25) is 0 Å². The number of fused-ring (bicyclic) bond motifs is 5. The van der Waals surface area contributed by atoms with Gasteiger partial charge in [0, 0.05) is 0 Å². The van der Waals surface area contributed by atoms with Crippen molar-refractivity contribution in [3.63, 3.8) is 0 Å². The first-order valence-corrected chi connectivity index (χ1v) is 13.9. The fraction of sp³-hybridized carbons (Fsp3) is 0.933. The highest BCUT2D eigenvalue weighted by molar-refractivity contribution is 5.21. The quantitative estimate of drug-likeness (QED) is 0.406. The Kier molecular flexibility index (Phi) is 6.50. The predicted molar refractivity (Wildman–Crippen MR) is 137 cm³/mol. The smallest absolute Gasteiger partial charge is 0.0654 e. The Morgan fingerprint density at radius 3 is 2.21 bits per heavy atom. The van der Waals surface area contributed by atoms with Gasteiger partial charge >= 0.3 is 0 Å². The van der Waals surface area contributed by atoms with Crippen LogP contribution in [0.25, 0.3) is 0 Å². The van der Waals surface area contributed by atoms with Crippen molar-refractivity contribution in [1.29, 1.82) is 0 Å². The molecule has 0 aromatic carbocycles. The van der Waals surface area contributed by atoms with E-state index in [0.29, 0.717) is 5.92 Å². The van der Waals surface area contributed by atoms with E-state index in [1.165, 1.54) is 5.57 Å². The highest BCUT2D eigenvalue weighted by Crippen LogP contribution is 2.75. The molecule has 0 amide bonds. The van der Waals surface area contributed by atoms with Crippen molar-refractivity contribution in [2.75, 3.05) is 0 Å². The molecule has 196 valence electrons. The molecule has 0 saturated heterocycles. The standard InChI is InChI=1S/C30H52O4/c1-18(2)10-9-13-30(8,34)19-11-15-28(6)24(19)20(31)16-22-27(5)14-12-23(33)26(3,4)25(27)21(32)17-29(22,28)7/h10,19-25,31-34H,9,11-17H2,1-8H3/t19-,20?,21?,22+,23?,24-,25-,27-,28-,29-,30-/m1/s1. The molecule has 4 aliphatic rings. The molecule has 4 saturated carbocycles. The van der Waals surface area contributed by atoms with E-state index in [1.807, 2.05) is 6.92 Å². The van der Waals surface area contributed by atoms with Crippen molar-refractivity contribution in [2.45, 2.75) is 131 Å². The lowest BCUT2D eigenvalue weighted by molar-refractivity contribution is -0.274. The van der Waals surface area contributed by atoms with Crippen molar-refractivity contribution in [3.8, 4) is 0 Å². The van der Waals surface area contributed by atoms with Crippen molar-refractivity contribution in [3.05, 3.63) is 11.6 Å². The van der Waals surface area contributed by atoms with Gasteiger partial charge in [-0.2, -0.15) is 0 Å². The lowest BCUT2D eigenvalue weighted by Crippen LogP contribution is -2.69. The first-order chi connectivity index (χ1) is 15.5. The molecule has 0 aliphatic heterocycles. The summed E-state index contributed by atoms with van der Waals surface area (Å²) in [7, 11) is 0. The normalized spacial score (nSPS) is 51.6. The van der Waals surface area contributed by atoms with Crippen LogP contribution in [-0.2, 0) is 0 Å². The topological polar surface area (TPSA) is 80.9 Å². The summed E-state index contributed by atoms with van der Waals surface area (Å²) in [4.78, 5) is 0. The Hall–Kier alpha value is -0.420. The second-order valence-electron chi connectivity index (χ2n) is 14.7. The summed E-state index contributed by atoms with van der Waals surface area (Å²) in [6, 6.07) is 0. The molecule has 4 N–H and O–H groups in total. The van der Waals surface area contributed by atoms with Gasteiger partial charge in [-0.15, -0.1) is 0 Å². The number of allylic oxidation sites excluding steroid dienone is 2. The average molecular weight is 477 g/mol. The van der Waals surface area contributed by atoms with E-state index in [2.05, 4.69) is 54.5 Å². The minimum absolute atomic E-state index is 0.0264. The fourth-order valence-corrected chi connectivity index (χ4v) is 10.5. The van der Waals surface area contributed by atoms with Crippen molar-refractivity contribution in [2.24, 2.45) is 45.3 Å². The van der Waals surface area contributed by atoms with E-state index in [0.717, 1.165) is 51.4 Å². The van der Waals surface area contributed by atoms with E-state index in [4.69, 9.17) is 0 Å². The Morgan fingerprint density at radius 1 is 0.941 bits per heavy atom. The van der Waals surface area contributed by atoms with Gasteiger partial charge in [-0.3, -0.25) is 0 Å². The maximum absolute atomic E-state index is 11.8. The van der Waals surface area contributed by atoms with Crippen LogP contribution in [0.4, 0.5) is 0 Å². The molecule has 34 heavy (non-hydrogen) atoms. The Morgan fingerprint density at radius 2 is 1.59 bits per heavy atom. The van der Waals surface area contributed by atoms with Gasteiger partial charge < -0.3 is 20.4 Å². The van der Waals surface area contributed by atoms with Gasteiger partial charge in [-0.25, -0.2) is 0 Å². The summed E-state index contributed by atoms with van der Waals surface area (Å²) in [6.07, 6.45) is 7.54. The van der Waals surface area contributed by atoms with Crippen LogP contribution in [0, 0.1) is 45.3 Å². The first-order valence-electron chi connectivity index (χ1n) is 13.9. The van der Waals surface area contributed by atoms with Crippen molar-refractivity contribution < 1.29 is 20.4 Å². The summed E-state index contributed by atoms with van der Waals surface area (Å²) in [6.45, 7) is 17.5. The SMILES string of the molecule is CC(C)=CCC[C@@](C)(O)[C@@H]1CC[C@]2(C)[C@H]1C(O)C[C@H]1[C@@]3(C)CCC(O)C(C)(C)[C@H]3C(O)C[C@]12C. The second-order valence-corrected chi connectivity index (χ2v) is 14.7. The van der Waals surface area contributed by atoms with Crippen LogP contribution in [0.3, 0.4) is 0 Å². The van der Waals surface area contributed by atoms with Crippen LogP contribution in [0.2, 0.25) is 0 Å². The van der Waals surface area contributed by atoms with Gasteiger partial charge in [0.15, 0.2) is 0 Å². The first kappa shape index (κ1) is 26.6. The number of aliphatic hydroxyl groups is 4. The molecule has 4 fully saturated rings. The molecule has 11 atom stereocenters. The largest absolute Gasteiger partial charge is 0.393 e. The van der Waals surface area contributed by atoms with Gasteiger partial charge in [-0.1, -0.05) is 46.3 Å². The summed E-state index contributed by atoms with van der Waals surface area (Å²) < 4.78 is 0. The zero-order valence-corrected chi connectivity index (χ0v) is 23.1. The molecule has 4 heteroatoms. The van der Waals surface area contributed by atoms with Crippen LogP contribution < -0.4 is 0 Å². The molecule has 4 aliphatic carbocycles. The molecule has 0 aromatic rings. The van der Waals surface area contributed by atoms with Crippen LogP contribution in [0.1, 0.15) is 107 Å². The summed E-state index contributed by atoms with van der Waals surface area (Å²) in [5.41, 5.74) is -0.230. The molecule has 4 rings (SSSR count). The third kappa shape index (κ3) is 3.60. The molecule has 0 radical (unpaired) electrons. The number of aliphatic hydroxyl groups excluding tert-OH is 3. The Bertz CT molecular complexity index is 813. The monoisotopic (exact) mass is 476 g/mol. The minimum atomic E-state index is -0.810. The highest BCUT2D eigenvalue weighted by Gasteiger charge is 2.72. The van der Waals surface area contributed by atoms with Crippen molar-refractivity contribution >= 4 is 0 Å².